The van der Waals surface area contributed by atoms with Crippen LogP contribution >= 0.6 is 11.3 Å². The maximum Gasteiger partial charge on any atom is 0.226 e. The first kappa shape index (κ1) is 15.5. The summed E-state index contributed by atoms with van der Waals surface area (Å²) in [5.74, 6) is 0.623. The predicted molar refractivity (Wildman–Crippen MR) is 91.0 cm³/mol. The van der Waals surface area contributed by atoms with Gasteiger partial charge in [-0.05, 0) is 36.4 Å². The standard InChI is InChI=1S/C18H18N2O2S/c21-17(10-4-8-16-9-5-11-23-16)19-12-15-13-22-18(20-15)14-6-2-1-3-7-14/h1-3,5-7,9,11,13H,4,8,10,12H2,(H,19,21). The molecule has 0 saturated carbocycles. The number of rotatable bonds is 7. The highest BCUT2D eigenvalue weighted by atomic mass is 32.1. The molecule has 5 heteroatoms. The van der Waals surface area contributed by atoms with Gasteiger partial charge in [0.1, 0.15) is 6.26 Å². The Kier molecular flexibility index (Phi) is 5.21. The molecule has 0 radical (unpaired) electrons. The van der Waals surface area contributed by atoms with E-state index in [4.69, 9.17) is 4.42 Å². The van der Waals surface area contributed by atoms with Gasteiger partial charge in [-0.25, -0.2) is 4.98 Å². The number of aromatic nitrogens is 1. The summed E-state index contributed by atoms with van der Waals surface area (Å²) in [7, 11) is 0. The van der Waals surface area contributed by atoms with E-state index in [0.29, 0.717) is 18.9 Å². The SMILES string of the molecule is O=C(CCCc1cccs1)NCc1coc(-c2ccccc2)n1. The molecule has 1 N–H and O–H groups in total. The summed E-state index contributed by atoms with van der Waals surface area (Å²) >= 11 is 1.73. The van der Waals surface area contributed by atoms with Gasteiger partial charge in [-0.1, -0.05) is 24.3 Å². The second kappa shape index (κ2) is 7.74. The van der Waals surface area contributed by atoms with Gasteiger partial charge < -0.3 is 9.73 Å². The number of nitrogens with zero attached hydrogens (tertiary/aromatic N) is 1. The number of nitrogens with one attached hydrogen (secondary N) is 1. The minimum atomic E-state index is 0.0471. The van der Waals surface area contributed by atoms with Crippen LogP contribution in [-0.2, 0) is 17.8 Å². The number of hydrogen-bond acceptors (Lipinski definition) is 4. The normalized spacial score (nSPS) is 10.6. The maximum absolute atomic E-state index is 11.9. The van der Waals surface area contributed by atoms with Crippen LogP contribution in [0.2, 0.25) is 0 Å². The summed E-state index contributed by atoms with van der Waals surface area (Å²) in [4.78, 5) is 17.6. The zero-order chi connectivity index (χ0) is 15.9. The minimum Gasteiger partial charge on any atom is -0.444 e. The van der Waals surface area contributed by atoms with Crippen molar-refractivity contribution >= 4 is 17.2 Å². The lowest BCUT2D eigenvalue weighted by atomic mass is 10.2. The second-order valence-corrected chi connectivity index (χ2v) is 6.25. The van der Waals surface area contributed by atoms with Crippen molar-refractivity contribution in [3.05, 3.63) is 64.7 Å². The van der Waals surface area contributed by atoms with Crippen molar-refractivity contribution in [2.75, 3.05) is 0 Å². The minimum absolute atomic E-state index is 0.0471. The lowest BCUT2D eigenvalue weighted by Crippen LogP contribution is -2.22. The molecule has 2 heterocycles. The summed E-state index contributed by atoms with van der Waals surface area (Å²) < 4.78 is 5.45. The van der Waals surface area contributed by atoms with Crippen LogP contribution in [0, 0.1) is 0 Å². The summed E-state index contributed by atoms with van der Waals surface area (Å²) in [6, 6.07) is 13.8. The van der Waals surface area contributed by atoms with Crippen LogP contribution in [0.5, 0.6) is 0 Å². The van der Waals surface area contributed by atoms with Crippen LogP contribution in [0.25, 0.3) is 11.5 Å². The van der Waals surface area contributed by atoms with E-state index >= 15 is 0 Å². The molecule has 4 nitrogen and oxygen atoms in total. The van der Waals surface area contributed by atoms with E-state index in [1.165, 1.54) is 4.88 Å². The molecule has 0 aliphatic rings. The van der Waals surface area contributed by atoms with Gasteiger partial charge in [0.2, 0.25) is 11.8 Å². The van der Waals surface area contributed by atoms with Crippen LogP contribution in [0.4, 0.5) is 0 Å². The quantitative estimate of drug-likeness (QED) is 0.713. The highest BCUT2D eigenvalue weighted by Gasteiger charge is 2.08. The number of amides is 1. The van der Waals surface area contributed by atoms with E-state index < -0.39 is 0 Å². The van der Waals surface area contributed by atoms with E-state index in [-0.39, 0.29) is 5.91 Å². The second-order valence-electron chi connectivity index (χ2n) is 5.22. The average molecular weight is 326 g/mol. The Morgan fingerprint density at radius 2 is 2.04 bits per heavy atom. The Bertz CT molecular complexity index is 735. The Morgan fingerprint density at radius 3 is 2.83 bits per heavy atom. The fourth-order valence-corrected chi connectivity index (χ4v) is 3.01. The van der Waals surface area contributed by atoms with E-state index in [2.05, 4.69) is 21.7 Å². The highest BCUT2D eigenvalue weighted by Crippen LogP contribution is 2.17. The van der Waals surface area contributed by atoms with Gasteiger partial charge in [0.15, 0.2) is 0 Å². The first-order valence-electron chi connectivity index (χ1n) is 7.60. The molecule has 0 aliphatic heterocycles. The lowest BCUT2D eigenvalue weighted by molar-refractivity contribution is -0.121. The topological polar surface area (TPSA) is 55.1 Å². The molecule has 23 heavy (non-hydrogen) atoms. The molecule has 1 amide bonds. The van der Waals surface area contributed by atoms with Gasteiger partial charge in [-0.15, -0.1) is 11.3 Å². The first-order valence-corrected chi connectivity index (χ1v) is 8.48. The predicted octanol–water partition coefficient (Wildman–Crippen LogP) is 4.04. The van der Waals surface area contributed by atoms with Gasteiger partial charge in [0.05, 0.1) is 12.2 Å². The summed E-state index contributed by atoms with van der Waals surface area (Å²) in [5, 5.41) is 4.95. The van der Waals surface area contributed by atoms with Gasteiger partial charge >= 0.3 is 0 Å². The number of carbonyl (C=O) groups is 1. The molecule has 0 saturated heterocycles. The van der Waals surface area contributed by atoms with E-state index in [9.17, 15) is 4.79 Å². The number of benzene rings is 1. The summed E-state index contributed by atoms with van der Waals surface area (Å²) in [6.45, 7) is 0.397. The van der Waals surface area contributed by atoms with Crippen LogP contribution in [0.1, 0.15) is 23.4 Å². The van der Waals surface area contributed by atoms with Crippen molar-refractivity contribution in [1.29, 1.82) is 0 Å². The number of oxazole rings is 1. The van der Waals surface area contributed by atoms with Crippen molar-refractivity contribution in [3.63, 3.8) is 0 Å². The van der Waals surface area contributed by atoms with Crippen LogP contribution < -0.4 is 5.32 Å². The summed E-state index contributed by atoms with van der Waals surface area (Å²) in [5.41, 5.74) is 1.66. The van der Waals surface area contributed by atoms with Crippen molar-refractivity contribution in [1.82, 2.24) is 10.3 Å². The number of carbonyl (C=O) groups excluding carboxylic acids is 1. The molecule has 3 aromatic rings. The van der Waals surface area contributed by atoms with Crippen molar-refractivity contribution < 1.29 is 9.21 Å². The molecule has 0 unspecified atom stereocenters. The van der Waals surface area contributed by atoms with E-state index in [0.717, 1.165) is 24.1 Å². The molecule has 3 rings (SSSR count). The number of thiophene rings is 1. The first-order chi connectivity index (χ1) is 11.3. The Hall–Kier alpha value is -2.40. The van der Waals surface area contributed by atoms with Crippen LogP contribution in [0.3, 0.4) is 0 Å². The van der Waals surface area contributed by atoms with Gasteiger partial charge in [-0.3, -0.25) is 4.79 Å². The van der Waals surface area contributed by atoms with Gasteiger partial charge in [0.25, 0.3) is 0 Å². The largest absolute Gasteiger partial charge is 0.444 e. The van der Waals surface area contributed by atoms with E-state index in [1.807, 2.05) is 36.4 Å². The molecule has 0 aliphatic carbocycles. The lowest BCUT2D eigenvalue weighted by Gasteiger charge is -2.02. The fraction of sp³-hybridized carbons (Fsp3) is 0.222. The number of hydrogen-bond donors (Lipinski definition) is 1. The summed E-state index contributed by atoms with van der Waals surface area (Å²) in [6.07, 6.45) is 3.93. The molecule has 1 aromatic carbocycles. The third-order valence-corrected chi connectivity index (χ3v) is 4.38. The Balaban J connectivity index is 1.43. The smallest absolute Gasteiger partial charge is 0.226 e. The van der Waals surface area contributed by atoms with Crippen LogP contribution in [-0.4, -0.2) is 10.9 Å². The molecular weight excluding hydrogens is 308 g/mol. The Morgan fingerprint density at radius 1 is 1.17 bits per heavy atom. The van der Waals surface area contributed by atoms with Gasteiger partial charge in [-0.2, -0.15) is 0 Å². The number of aryl methyl sites for hydroxylation is 1. The van der Waals surface area contributed by atoms with Crippen molar-refractivity contribution in [2.24, 2.45) is 0 Å². The van der Waals surface area contributed by atoms with E-state index in [1.54, 1.807) is 17.6 Å². The molecule has 0 atom stereocenters. The molecular formula is C18H18N2O2S. The monoisotopic (exact) mass is 326 g/mol. The Labute approximate surface area is 139 Å². The van der Waals surface area contributed by atoms with Crippen molar-refractivity contribution in [3.8, 4) is 11.5 Å². The van der Waals surface area contributed by atoms with Crippen LogP contribution in [0.15, 0.2) is 58.5 Å². The zero-order valence-corrected chi connectivity index (χ0v) is 13.5. The molecule has 2 aromatic heterocycles. The third-order valence-electron chi connectivity index (χ3n) is 3.45. The molecule has 118 valence electrons. The fourth-order valence-electron chi connectivity index (χ4n) is 2.26. The van der Waals surface area contributed by atoms with Crippen molar-refractivity contribution in [2.45, 2.75) is 25.8 Å². The highest BCUT2D eigenvalue weighted by molar-refractivity contribution is 7.09. The average Bonchev–Trinajstić information content (AvgIpc) is 3.25. The maximum atomic E-state index is 11.9. The third kappa shape index (κ3) is 4.53. The molecule has 0 spiro atoms. The zero-order valence-electron chi connectivity index (χ0n) is 12.7. The molecule has 0 fully saturated rings. The molecule has 0 bridgehead atoms. The van der Waals surface area contributed by atoms with Gasteiger partial charge in [0, 0.05) is 16.9 Å².